The third kappa shape index (κ3) is 2.54. The molecule has 23 heavy (non-hydrogen) atoms. The number of hydrogen-bond acceptors (Lipinski definition) is 4. The van der Waals surface area contributed by atoms with E-state index in [9.17, 15) is 4.79 Å². The van der Waals surface area contributed by atoms with Crippen molar-refractivity contribution in [3.05, 3.63) is 35.7 Å². The molecule has 0 unspecified atom stereocenters. The number of aryl methyl sites for hydroxylation is 3. The van der Waals surface area contributed by atoms with Gasteiger partial charge in [-0.3, -0.25) is 14.8 Å². The van der Waals surface area contributed by atoms with E-state index in [-0.39, 0.29) is 5.91 Å². The predicted octanol–water partition coefficient (Wildman–Crippen LogP) is 2.36. The number of nitrogens with zero attached hydrogens (tertiary/aromatic N) is 4. The fourth-order valence-corrected chi connectivity index (χ4v) is 2.60. The number of anilines is 1. The Morgan fingerprint density at radius 3 is 2.87 bits per heavy atom. The molecule has 7 nitrogen and oxygen atoms in total. The third-order valence-electron chi connectivity index (χ3n) is 3.75. The average Bonchev–Trinajstić information content (AvgIpc) is 3.08. The first-order chi connectivity index (χ1) is 11.0. The van der Waals surface area contributed by atoms with Gasteiger partial charge in [-0.15, -0.1) is 0 Å². The van der Waals surface area contributed by atoms with Crippen LogP contribution in [-0.4, -0.2) is 32.3 Å². The van der Waals surface area contributed by atoms with Crippen LogP contribution in [0.15, 0.2) is 24.3 Å². The van der Waals surface area contributed by atoms with Crippen LogP contribution in [0.3, 0.4) is 0 Å². The second-order valence-electron chi connectivity index (χ2n) is 5.26. The molecule has 0 aliphatic carbocycles. The third-order valence-corrected chi connectivity index (χ3v) is 3.75. The second kappa shape index (κ2) is 5.75. The lowest BCUT2D eigenvalue weighted by atomic mass is 10.3. The number of amides is 1. The number of carbonyl (C=O) groups is 1. The molecule has 2 heterocycles. The zero-order valence-corrected chi connectivity index (χ0v) is 13.6. The van der Waals surface area contributed by atoms with Crippen molar-refractivity contribution in [1.29, 1.82) is 0 Å². The maximum absolute atomic E-state index is 12.5. The Morgan fingerprint density at radius 1 is 1.39 bits per heavy atom. The van der Waals surface area contributed by atoms with E-state index in [2.05, 4.69) is 15.4 Å². The van der Waals surface area contributed by atoms with Gasteiger partial charge in [-0.05, 0) is 32.0 Å². The fourth-order valence-electron chi connectivity index (χ4n) is 2.60. The summed E-state index contributed by atoms with van der Waals surface area (Å²) in [5, 5.41) is 7.14. The monoisotopic (exact) mass is 313 g/mol. The van der Waals surface area contributed by atoms with E-state index in [1.54, 1.807) is 17.9 Å². The molecule has 0 spiro atoms. The zero-order valence-electron chi connectivity index (χ0n) is 13.6. The molecule has 3 rings (SSSR count). The summed E-state index contributed by atoms with van der Waals surface area (Å²) in [6.07, 6.45) is 0. The highest BCUT2D eigenvalue weighted by atomic mass is 16.5. The Kier molecular flexibility index (Phi) is 3.77. The summed E-state index contributed by atoms with van der Waals surface area (Å²) in [6.45, 7) is 4.44. The van der Waals surface area contributed by atoms with Gasteiger partial charge >= 0.3 is 0 Å². The average molecular weight is 313 g/mol. The summed E-state index contributed by atoms with van der Waals surface area (Å²) in [5.41, 5.74) is 2.93. The number of fused-ring (bicyclic) bond motifs is 1. The van der Waals surface area contributed by atoms with E-state index in [4.69, 9.17) is 4.74 Å². The number of rotatable bonds is 4. The minimum Gasteiger partial charge on any atom is -0.494 e. The maximum Gasteiger partial charge on any atom is 0.276 e. The van der Waals surface area contributed by atoms with Crippen LogP contribution in [0.5, 0.6) is 5.75 Å². The quantitative estimate of drug-likeness (QED) is 0.802. The van der Waals surface area contributed by atoms with Gasteiger partial charge in [0, 0.05) is 13.6 Å². The predicted molar refractivity (Wildman–Crippen MR) is 87.9 cm³/mol. The number of methoxy groups -OCH3 is 1. The highest BCUT2D eigenvalue weighted by Gasteiger charge is 2.17. The van der Waals surface area contributed by atoms with Crippen molar-refractivity contribution in [1.82, 2.24) is 19.3 Å². The first kappa shape index (κ1) is 15.1. The van der Waals surface area contributed by atoms with Crippen LogP contribution in [0.25, 0.3) is 11.0 Å². The first-order valence-electron chi connectivity index (χ1n) is 7.40. The van der Waals surface area contributed by atoms with Crippen molar-refractivity contribution in [3.63, 3.8) is 0 Å². The molecule has 1 N–H and O–H groups in total. The molecule has 0 saturated carbocycles. The number of carbonyl (C=O) groups excluding carboxylic acids is 1. The molecule has 0 atom stereocenters. The van der Waals surface area contributed by atoms with Gasteiger partial charge in [-0.2, -0.15) is 5.10 Å². The molecule has 0 aliphatic heterocycles. The molecule has 7 heteroatoms. The summed E-state index contributed by atoms with van der Waals surface area (Å²) in [5.74, 6) is 0.911. The number of nitrogens with one attached hydrogen (secondary N) is 1. The smallest absolute Gasteiger partial charge is 0.276 e. The maximum atomic E-state index is 12.5. The van der Waals surface area contributed by atoms with E-state index in [1.165, 1.54) is 0 Å². The molecular formula is C16H19N5O2. The van der Waals surface area contributed by atoms with Crippen LogP contribution < -0.4 is 10.1 Å². The van der Waals surface area contributed by atoms with E-state index in [0.717, 1.165) is 11.2 Å². The minimum atomic E-state index is -0.232. The van der Waals surface area contributed by atoms with Gasteiger partial charge in [-0.1, -0.05) is 6.07 Å². The lowest BCUT2D eigenvalue weighted by Crippen LogP contribution is -2.19. The second-order valence-corrected chi connectivity index (χ2v) is 5.26. The number of para-hydroxylation sites is 1. The van der Waals surface area contributed by atoms with Crippen LogP contribution >= 0.6 is 0 Å². The zero-order chi connectivity index (χ0) is 16.6. The summed E-state index contributed by atoms with van der Waals surface area (Å²) in [4.78, 5) is 17.0. The lowest BCUT2D eigenvalue weighted by molar-refractivity contribution is 0.101. The largest absolute Gasteiger partial charge is 0.494 e. The van der Waals surface area contributed by atoms with Gasteiger partial charge in [0.05, 0.1) is 18.3 Å². The first-order valence-corrected chi connectivity index (χ1v) is 7.40. The highest BCUT2D eigenvalue weighted by Crippen LogP contribution is 2.27. The van der Waals surface area contributed by atoms with Crippen molar-refractivity contribution in [2.45, 2.75) is 20.4 Å². The Hall–Kier alpha value is -2.83. The van der Waals surface area contributed by atoms with Gasteiger partial charge in [0.1, 0.15) is 17.0 Å². The van der Waals surface area contributed by atoms with Crippen molar-refractivity contribution in [2.24, 2.45) is 7.05 Å². The van der Waals surface area contributed by atoms with Gasteiger partial charge in [-0.25, -0.2) is 4.98 Å². The summed E-state index contributed by atoms with van der Waals surface area (Å²) < 4.78 is 8.83. The molecule has 0 fully saturated rings. The number of hydrogen-bond donors (Lipinski definition) is 1. The molecule has 3 aromatic rings. The topological polar surface area (TPSA) is 74.0 Å². The number of benzene rings is 1. The van der Waals surface area contributed by atoms with Crippen LogP contribution in [0.1, 0.15) is 23.1 Å². The number of aromatic nitrogens is 4. The normalized spacial score (nSPS) is 11.0. The number of ether oxygens (including phenoxy) is 1. The fraction of sp³-hybridized carbons (Fsp3) is 0.312. The van der Waals surface area contributed by atoms with Crippen molar-refractivity contribution < 1.29 is 9.53 Å². The van der Waals surface area contributed by atoms with E-state index >= 15 is 0 Å². The Labute approximate surface area is 133 Å². The van der Waals surface area contributed by atoms with Gasteiger partial charge in [0.2, 0.25) is 5.95 Å². The molecule has 120 valence electrons. The molecule has 1 aromatic carbocycles. The van der Waals surface area contributed by atoms with E-state index < -0.39 is 0 Å². The van der Waals surface area contributed by atoms with Crippen LogP contribution in [0, 0.1) is 6.92 Å². The highest BCUT2D eigenvalue weighted by molar-refractivity contribution is 6.03. The van der Waals surface area contributed by atoms with Gasteiger partial charge < -0.3 is 9.30 Å². The molecule has 0 bridgehead atoms. The van der Waals surface area contributed by atoms with E-state index in [0.29, 0.717) is 29.5 Å². The molecule has 1 amide bonds. The van der Waals surface area contributed by atoms with Crippen LogP contribution in [0.2, 0.25) is 0 Å². The summed E-state index contributed by atoms with van der Waals surface area (Å²) in [6, 6.07) is 7.43. The van der Waals surface area contributed by atoms with Crippen LogP contribution in [0.4, 0.5) is 5.95 Å². The molecule has 2 aromatic heterocycles. The van der Waals surface area contributed by atoms with Crippen molar-refractivity contribution in [3.8, 4) is 5.75 Å². The van der Waals surface area contributed by atoms with E-state index in [1.807, 2.05) is 43.7 Å². The van der Waals surface area contributed by atoms with Gasteiger partial charge in [0.25, 0.3) is 5.91 Å². The SMILES string of the molecule is CCn1nc(C)cc1C(=O)Nc1nc2c(OC)cccc2n1C. The Bertz CT molecular complexity index is 878. The lowest BCUT2D eigenvalue weighted by Gasteiger charge is -2.06. The standard InChI is InChI=1S/C16H19N5O2/c1-5-21-12(9-10(2)19-21)15(22)18-16-17-14-11(20(16)3)7-6-8-13(14)23-4/h6-9H,5H2,1-4H3,(H,17,18,22). The Morgan fingerprint density at radius 2 is 2.17 bits per heavy atom. The Balaban J connectivity index is 1.98. The van der Waals surface area contributed by atoms with Gasteiger partial charge in [0.15, 0.2) is 0 Å². The summed E-state index contributed by atoms with van der Waals surface area (Å²) in [7, 11) is 3.46. The molecule has 0 saturated heterocycles. The van der Waals surface area contributed by atoms with Crippen molar-refractivity contribution >= 4 is 22.9 Å². The van der Waals surface area contributed by atoms with Crippen molar-refractivity contribution in [2.75, 3.05) is 12.4 Å². The molecular weight excluding hydrogens is 294 g/mol. The molecule has 0 radical (unpaired) electrons. The summed E-state index contributed by atoms with van der Waals surface area (Å²) >= 11 is 0. The number of imidazole rings is 1. The van der Waals surface area contributed by atoms with Crippen LogP contribution in [-0.2, 0) is 13.6 Å². The minimum absolute atomic E-state index is 0.232. The molecule has 0 aliphatic rings.